The molecule has 0 aliphatic carbocycles. The fraction of sp³-hybridized carbons (Fsp3) is 0.391. The summed E-state index contributed by atoms with van der Waals surface area (Å²) in [7, 11) is 0. The summed E-state index contributed by atoms with van der Waals surface area (Å²) in [6.45, 7) is 2.47. The van der Waals surface area contributed by atoms with Crippen LogP contribution >= 0.6 is 0 Å². The van der Waals surface area contributed by atoms with E-state index in [1.807, 2.05) is 12.1 Å². The van der Waals surface area contributed by atoms with Crippen LogP contribution in [-0.2, 0) is 16.0 Å². The van der Waals surface area contributed by atoms with Gasteiger partial charge in [-0.1, -0.05) is 24.3 Å². The maximum atomic E-state index is 11.7. The van der Waals surface area contributed by atoms with Crippen molar-refractivity contribution in [2.75, 3.05) is 6.54 Å². The SMILES string of the molecule is CC(CCc1ccc(OC(=O)CCCC(=O)O)cc1)NCC(O)c1ccc(O)cc1. The van der Waals surface area contributed by atoms with E-state index in [0.29, 0.717) is 12.3 Å². The number of carboxylic acid groups (broad SMARTS) is 1. The molecule has 162 valence electrons. The van der Waals surface area contributed by atoms with E-state index in [2.05, 4.69) is 12.2 Å². The molecular formula is C23H29NO6. The number of aliphatic hydroxyl groups is 1. The van der Waals surface area contributed by atoms with Crippen molar-refractivity contribution in [2.45, 2.75) is 51.2 Å². The Morgan fingerprint density at radius 1 is 1.03 bits per heavy atom. The predicted octanol–water partition coefficient (Wildman–Crippen LogP) is 3.20. The monoisotopic (exact) mass is 415 g/mol. The Bertz CT molecular complexity index is 803. The maximum absolute atomic E-state index is 11.7. The number of aliphatic carboxylic acids is 1. The van der Waals surface area contributed by atoms with Gasteiger partial charge in [0.2, 0.25) is 0 Å². The first-order chi connectivity index (χ1) is 14.3. The third kappa shape index (κ3) is 8.63. The molecule has 0 spiro atoms. The molecular weight excluding hydrogens is 386 g/mol. The summed E-state index contributed by atoms with van der Waals surface area (Å²) in [5, 5.41) is 31.4. The molecule has 2 unspecified atom stereocenters. The third-order valence-electron chi connectivity index (χ3n) is 4.73. The average molecular weight is 415 g/mol. The molecule has 0 saturated carbocycles. The number of benzene rings is 2. The molecule has 2 rings (SSSR count). The summed E-state index contributed by atoms with van der Waals surface area (Å²) in [5.74, 6) is -0.742. The van der Waals surface area contributed by atoms with Crippen LogP contribution in [0.3, 0.4) is 0 Å². The number of nitrogens with one attached hydrogen (secondary N) is 1. The van der Waals surface area contributed by atoms with Crippen LogP contribution in [0, 0.1) is 0 Å². The summed E-state index contributed by atoms with van der Waals surface area (Å²) in [6.07, 6.45) is 1.35. The summed E-state index contributed by atoms with van der Waals surface area (Å²) in [4.78, 5) is 22.1. The Morgan fingerprint density at radius 2 is 1.70 bits per heavy atom. The van der Waals surface area contributed by atoms with E-state index in [1.54, 1.807) is 36.4 Å². The lowest BCUT2D eigenvalue weighted by molar-refractivity contribution is -0.137. The van der Waals surface area contributed by atoms with Crippen molar-refractivity contribution < 1.29 is 29.6 Å². The van der Waals surface area contributed by atoms with Crippen molar-refractivity contribution >= 4 is 11.9 Å². The van der Waals surface area contributed by atoms with Crippen LogP contribution in [0.5, 0.6) is 11.5 Å². The molecule has 0 radical (unpaired) electrons. The van der Waals surface area contributed by atoms with E-state index in [0.717, 1.165) is 24.0 Å². The fourth-order valence-corrected chi connectivity index (χ4v) is 2.90. The van der Waals surface area contributed by atoms with Gasteiger partial charge in [0.1, 0.15) is 11.5 Å². The second kappa shape index (κ2) is 11.9. The molecule has 4 N–H and O–H groups in total. The largest absolute Gasteiger partial charge is 0.508 e. The molecule has 2 aromatic rings. The van der Waals surface area contributed by atoms with Gasteiger partial charge in [-0.2, -0.15) is 0 Å². The lowest BCUT2D eigenvalue weighted by Crippen LogP contribution is -2.30. The van der Waals surface area contributed by atoms with Gasteiger partial charge in [-0.25, -0.2) is 0 Å². The van der Waals surface area contributed by atoms with E-state index in [4.69, 9.17) is 9.84 Å². The number of carbonyl (C=O) groups is 2. The number of carbonyl (C=O) groups excluding carboxylic acids is 1. The van der Waals surface area contributed by atoms with Crippen LogP contribution in [0.1, 0.15) is 49.8 Å². The van der Waals surface area contributed by atoms with Crippen molar-refractivity contribution in [1.82, 2.24) is 5.32 Å². The van der Waals surface area contributed by atoms with Gasteiger partial charge in [0.05, 0.1) is 6.10 Å². The van der Waals surface area contributed by atoms with Crippen LogP contribution in [0.2, 0.25) is 0 Å². The molecule has 0 bridgehead atoms. The highest BCUT2D eigenvalue weighted by Crippen LogP contribution is 2.17. The molecule has 0 fully saturated rings. The Labute approximate surface area is 176 Å². The lowest BCUT2D eigenvalue weighted by Gasteiger charge is -2.17. The number of phenols is 1. The van der Waals surface area contributed by atoms with Crippen molar-refractivity contribution in [3.05, 3.63) is 59.7 Å². The van der Waals surface area contributed by atoms with E-state index < -0.39 is 18.0 Å². The molecule has 2 atom stereocenters. The first kappa shape index (κ1) is 23.4. The van der Waals surface area contributed by atoms with Gasteiger partial charge in [-0.3, -0.25) is 9.59 Å². The van der Waals surface area contributed by atoms with Gasteiger partial charge in [0, 0.05) is 25.4 Å². The van der Waals surface area contributed by atoms with Crippen molar-refractivity contribution in [3.63, 3.8) is 0 Å². The van der Waals surface area contributed by atoms with E-state index >= 15 is 0 Å². The summed E-state index contributed by atoms with van der Waals surface area (Å²) in [5.41, 5.74) is 1.86. The van der Waals surface area contributed by atoms with Crippen molar-refractivity contribution in [2.24, 2.45) is 0 Å². The molecule has 7 heteroatoms. The van der Waals surface area contributed by atoms with Gasteiger partial charge in [0.15, 0.2) is 0 Å². The van der Waals surface area contributed by atoms with Gasteiger partial charge < -0.3 is 25.4 Å². The number of carboxylic acids is 1. The molecule has 0 aromatic heterocycles. The number of aryl methyl sites for hydroxylation is 1. The number of aromatic hydroxyl groups is 1. The van der Waals surface area contributed by atoms with E-state index in [9.17, 15) is 19.8 Å². The zero-order valence-corrected chi connectivity index (χ0v) is 17.1. The van der Waals surface area contributed by atoms with E-state index in [-0.39, 0.29) is 31.1 Å². The average Bonchev–Trinajstić information content (AvgIpc) is 2.71. The normalized spacial score (nSPS) is 12.9. The highest BCUT2D eigenvalue weighted by atomic mass is 16.5. The molecule has 0 aliphatic rings. The molecule has 7 nitrogen and oxygen atoms in total. The minimum atomic E-state index is -0.925. The van der Waals surface area contributed by atoms with E-state index in [1.165, 1.54) is 0 Å². The number of aliphatic hydroxyl groups excluding tert-OH is 1. The Morgan fingerprint density at radius 3 is 2.33 bits per heavy atom. The van der Waals surface area contributed by atoms with Gasteiger partial charge in [-0.05, 0) is 61.6 Å². The Balaban J connectivity index is 1.69. The molecule has 0 saturated heterocycles. The van der Waals surface area contributed by atoms with Gasteiger partial charge in [-0.15, -0.1) is 0 Å². The number of hydrogen-bond donors (Lipinski definition) is 4. The van der Waals surface area contributed by atoms with Crippen molar-refractivity contribution in [3.8, 4) is 11.5 Å². The number of ether oxygens (including phenoxy) is 1. The minimum Gasteiger partial charge on any atom is -0.508 e. The maximum Gasteiger partial charge on any atom is 0.311 e. The fourth-order valence-electron chi connectivity index (χ4n) is 2.90. The predicted molar refractivity (Wildman–Crippen MR) is 112 cm³/mol. The first-order valence-electron chi connectivity index (χ1n) is 10.1. The Kier molecular flexibility index (Phi) is 9.31. The molecule has 0 aliphatic heterocycles. The quantitative estimate of drug-likeness (QED) is 0.311. The molecule has 2 aromatic carbocycles. The summed E-state index contributed by atoms with van der Waals surface area (Å²) < 4.78 is 5.20. The van der Waals surface area contributed by atoms with Crippen LogP contribution in [0.25, 0.3) is 0 Å². The summed E-state index contributed by atoms with van der Waals surface area (Å²) in [6, 6.07) is 14.0. The van der Waals surface area contributed by atoms with Crippen LogP contribution < -0.4 is 10.1 Å². The van der Waals surface area contributed by atoms with Crippen LogP contribution in [-0.4, -0.2) is 39.8 Å². The topological polar surface area (TPSA) is 116 Å². The zero-order chi connectivity index (χ0) is 21.9. The van der Waals surface area contributed by atoms with Gasteiger partial charge >= 0.3 is 11.9 Å². The standard InChI is InChI=1S/C23H29NO6/c1-16(24-15-21(26)18-9-11-19(25)12-10-18)5-6-17-7-13-20(14-8-17)30-23(29)4-2-3-22(27)28/h7-14,16,21,24-26H,2-6,15H2,1H3,(H,27,28). The number of rotatable bonds is 12. The first-order valence-corrected chi connectivity index (χ1v) is 10.1. The van der Waals surface area contributed by atoms with Crippen LogP contribution in [0.15, 0.2) is 48.5 Å². The lowest BCUT2D eigenvalue weighted by atomic mass is 10.1. The second-order valence-electron chi connectivity index (χ2n) is 7.32. The summed E-state index contributed by atoms with van der Waals surface area (Å²) >= 11 is 0. The highest BCUT2D eigenvalue weighted by molar-refractivity contribution is 5.73. The second-order valence-corrected chi connectivity index (χ2v) is 7.32. The van der Waals surface area contributed by atoms with Crippen molar-refractivity contribution in [1.29, 1.82) is 0 Å². The number of hydrogen-bond acceptors (Lipinski definition) is 6. The third-order valence-corrected chi connectivity index (χ3v) is 4.73. The number of esters is 1. The van der Waals surface area contributed by atoms with Gasteiger partial charge in [0.25, 0.3) is 0 Å². The number of phenolic OH excluding ortho intramolecular Hbond substituents is 1. The molecule has 0 amide bonds. The zero-order valence-electron chi connectivity index (χ0n) is 17.1. The highest BCUT2D eigenvalue weighted by Gasteiger charge is 2.10. The molecule has 30 heavy (non-hydrogen) atoms. The smallest absolute Gasteiger partial charge is 0.311 e. The van der Waals surface area contributed by atoms with Crippen LogP contribution in [0.4, 0.5) is 0 Å². The Hall–Kier alpha value is -2.90. The molecule has 0 heterocycles. The minimum absolute atomic E-state index is 0.0494.